The van der Waals surface area contributed by atoms with Crippen LogP contribution in [0.1, 0.15) is 16.2 Å². The highest BCUT2D eigenvalue weighted by Crippen LogP contribution is 2.18. The van der Waals surface area contributed by atoms with E-state index in [1.807, 2.05) is 6.07 Å². The van der Waals surface area contributed by atoms with E-state index in [9.17, 15) is 4.79 Å². The number of amides is 1. The molecule has 3 aromatic rings. The Kier molecular flexibility index (Phi) is 4.28. The van der Waals surface area contributed by atoms with Gasteiger partial charge >= 0.3 is 0 Å². The van der Waals surface area contributed by atoms with Crippen molar-refractivity contribution in [1.29, 1.82) is 0 Å². The minimum atomic E-state index is -0.274. The second kappa shape index (κ2) is 6.69. The summed E-state index contributed by atoms with van der Waals surface area (Å²) < 4.78 is 10.7. The lowest BCUT2D eigenvalue weighted by Gasteiger charge is -2.07. The van der Waals surface area contributed by atoms with Crippen molar-refractivity contribution in [3.05, 3.63) is 60.2 Å². The molecule has 1 N–H and O–H groups in total. The summed E-state index contributed by atoms with van der Waals surface area (Å²) in [5, 5.41) is 10.6. The first kappa shape index (κ1) is 14.7. The number of hydrogen-bond acceptors (Lipinski definition) is 6. The molecule has 1 amide bonds. The van der Waals surface area contributed by atoms with Gasteiger partial charge in [0, 0.05) is 12.4 Å². The van der Waals surface area contributed by atoms with Gasteiger partial charge < -0.3 is 14.5 Å². The fourth-order valence-corrected chi connectivity index (χ4v) is 2.01. The number of ether oxygens (including phenoxy) is 1. The Balaban J connectivity index is 1.67. The average Bonchev–Trinajstić information content (AvgIpc) is 3.09. The van der Waals surface area contributed by atoms with Gasteiger partial charge in [-0.05, 0) is 24.3 Å². The second-order valence-corrected chi connectivity index (χ2v) is 4.63. The fourth-order valence-electron chi connectivity index (χ4n) is 2.01. The minimum Gasteiger partial charge on any atom is -0.496 e. The van der Waals surface area contributed by atoms with Crippen molar-refractivity contribution >= 4 is 5.91 Å². The van der Waals surface area contributed by atoms with Gasteiger partial charge in [-0.1, -0.05) is 12.1 Å². The molecule has 0 saturated carbocycles. The zero-order chi connectivity index (χ0) is 16.1. The van der Waals surface area contributed by atoms with Crippen LogP contribution in [0, 0.1) is 0 Å². The summed E-state index contributed by atoms with van der Waals surface area (Å²) in [5.41, 5.74) is 1.17. The lowest BCUT2D eigenvalue weighted by Crippen LogP contribution is -2.23. The summed E-state index contributed by atoms with van der Waals surface area (Å²) in [6.45, 7) is 0.129. The Morgan fingerprint density at radius 1 is 1.22 bits per heavy atom. The SMILES string of the molecule is COc1ccccc1C(=O)NCc1nnc(-c2cccnc2)o1. The van der Waals surface area contributed by atoms with E-state index in [2.05, 4.69) is 20.5 Å². The zero-order valence-electron chi connectivity index (χ0n) is 12.4. The van der Waals surface area contributed by atoms with Crippen LogP contribution in [-0.2, 0) is 6.54 Å². The van der Waals surface area contributed by atoms with E-state index in [4.69, 9.17) is 9.15 Å². The van der Waals surface area contributed by atoms with Gasteiger partial charge in [0.25, 0.3) is 5.91 Å². The molecule has 116 valence electrons. The third-order valence-corrected chi connectivity index (χ3v) is 3.13. The average molecular weight is 310 g/mol. The summed E-state index contributed by atoms with van der Waals surface area (Å²) in [5.74, 6) is 0.905. The predicted octanol–water partition coefficient (Wildman–Crippen LogP) is 2.07. The molecule has 0 fully saturated rings. The molecule has 23 heavy (non-hydrogen) atoms. The van der Waals surface area contributed by atoms with E-state index in [1.165, 1.54) is 7.11 Å². The summed E-state index contributed by atoms with van der Waals surface area (Å²) >= 11 is 0. The van der Waals surface area contributed by atoms with Crippen LogP contribution in [0.5, 0.6) is 5.75 Å². The molecular formula is C16H14N4O3. The van der Waals surface area contributed by atoms with Crippen LogP contribution in [-0.4, -0.2) is 28.2 Å². The summed E-state index contributed by atoms with van der Waals surface area (Å²) in [6, 6.07) is 10.6. The number of pyridine rings is 1. The normalized spacial score (nSPS) is 10.3. The molecule has 7 nitrogen and oxygen atoms in total. The van der Waals surface area contributed by atoms with Crippen LogP contribution in [0.15, 0.2) is 53.2 Å². The van der Waals surface area contributed by atoms with Crippen LogP contribution >= 0.6 is 0 Å². The highest BCUT2D eigenvalue weighted by Gasteiger charge is 2.13. The molecule has 7 heteroatoms. The number of nitrogens with one attached hydrogen (secondary N) is 1. The van der Waals surface area contributed by atoms with E-state index < -0.39 is 0 Å². The Morgan fingerprint density at radius 2 is 2.09 bits per heavy atom. The number of hydrogen-bond donors (Lipinski definition) is 1. The smallest absolute Gasteiger partial charge is 0.255 e. The first-order valence-corrected chi connectivity index (χ1v) is 6.92. The molecular weight excluding hydrogens is 296 g/mol. The maximum absolute atomic E-state index is 12.2. The molecule has 0 aliphatic rings. The van der Waals surface area contributed by atoms with Crippen LogP contribution in [0.2, 0.25) is 0 Å². The maximum atomic E-state index is 12.2. The third-order valence-electron chi connectivity index (χ3n) is 3.13. The molecule has 2 aromatic heterocycles. The van der Waals surface area contributed by atoms with Crippen molar-refractivity contribution in [3.8, 4) is 17.2 Å². The van der Waals surface area contributed by atoms with E-state index in [0.29, 0.717) is 23.1 Å². The van der Waals surface area contributed by atoms with Crippen molar-refractivity contribution in [2.24, 2.45) is 0 Å². The van der Waals surface area contributed by atoms with E-state index >= 15 is 0 Å². The molecule has 0 aliphatic carbocycles. The Morgan fingerprint density at radius 3 is 2.87 bits per heavy atom. The fraction of sp³-hybridized carbons (Fsp3) is 0.125. The van der Waals surface area contributed by atoms with E-state index in [0.717, 1.165) is 5.56 Å². The van der Waals surface area contributed by atoms with Crippen LogP contribution in [0.4, 0.5) is 0 Å². The van der Waals surface area contributed by atoms with Gasteiger partial charge in [-0.25, -0.2) is 0 Å². The van der Waals surface area contributed by atoms with Crippen molar-refractivity contribution in [2.45, 2.75) is 6.54 Å². The molecule has 0 atom stereocenters. The highest BCUT2D eigenvalue weighted by atomic mass is 16.5. The summed E-state index contributed by atoms with van der Waals surface area (Å²) in [7, 11) is 1.52. The van der Waals surface area contributed by atoms with Crippen molar-refractivity contribution in [1.82, 2.24) is 20.5 Å². The lowest BCUT2D eigenvalue weighted by molar-refractivity contribution is 0.0944. The number of carbonyl (C=O) groups excluding carboxylic acids is 1. The zero-order valence-corrected chi connectivity index (χ0v) is 12.4. The molecule has 2 heterocycles. The van der Waals surface area contributed by atoms with Gasteiger partial charge in [-0.2, -0.15) is 0 Å². The van der Waals surface area contributed by atoms with Crippen molar-refractivity contribution < 1.29 is 13.9 Å². The van der Waals surface area contributed by atoms with Gasteiger partial charge in [-0.15, -0.1) is 10.2 Å². The van der Waals surface area contributed by atoms with Crippen LogP contribution in [0.3, 0.4) is 0 Å². The predicted molar refractivity (Wildman–Crippen MR) is 81.7 cm³/mol. The van der Waals surface area contributed by atoms with Gasteiger partial charge in [0.05, 0.1) is 24.8 Å². The van der Waals surface area contributed by atoms with Gasteiger partial charge in [0.1, 0.15) is 5.75 Å². The molecule has 0 aliphatic heterocycles. The molecule has 0 bridgehead atoms. The number of methoxy groups -OCH3 is 1. The molecule has 0 saturated heterocycles. The van der Waals surface area contributed by atoms with Crippen LogP contribution < -0.4 is 10.1 Å². The number of rotatable bonds is 5. The number of aromatic nitrogens is 3. The minimum absolute atomic E-state index is 0.129. The summed E-state index contributed by atoms with van der Waals surface area (Å²) in [4.78, 5) is 16.2. The monoisotopic (exact) mass is 310 g/mol. The van der Waals surface area contributed by atoms with E-state index in [-0.39, 0.29) is 12.5 Å². The number of benzene rings is 1. The summed E-state index contributed by atoms with van der Waals surface area (Å²) in [6.07, 6.45) is 3.29. The van der Waals surface area contributed by atoms with E-state index in [1.54, 1.807) is 42.7 Å². The first-order valence-electron chi connectivity index (χ1n) is 6.92. The maximum Gasteiger partial charge on any atom is 0.255 e. The standard InChI is InChI=1S/C16H14N4O3/c1-22-13-7-3-2-6-12(13)15(21)18-10-14-19-20-16(23-14)11-5-4-8-17-9-11/h2-9H,10H2,1H3,(H,18,21). The molecule has 1 aromatic carbocycles. The van der Waals surface area contributed by atoms with Crippen LogP contribution in [0.25, 0.3) is 11.5 Å². The number of carbonyl (C=O) groups is 1. The molecule has 3 rings (SSSR count). The lowest BCUT2D eigenvalue weighted by atomic mass is 10.2. The number of nitrogens with zero attached hydrogens (tertiary/aromatic N) is 3. The van der Waals surface area contributed by atoms with Gasteiger partial charge in [-0.3, -0.25) is 9.78 Å². The first-order chi connectivity index (χ1) is 11.3. The quantitative estimate of drug-likeness (QED) is 0.776. The molecule has 0 radical (unpaired) electrons. The van der Waals surface area contributed by atoms with Crippen molar-refractivity contribution in [3.63, 3.8) is 0 Å². The molecule has 0 unspecified atom stereocenters. The highest BCUT2D eigenvalue weighted by molar-refractivity contribution is 5.96. The second-order valence-electron chi connectivity index (χ2n) is 4.63. The Hall–Kier alpha value is -3.22. The Bertz CT molecular complexity index is 802. The topological polar surface area (TPSA) is 90.1 Å². The third kappa shape index (κ3) is 3.34. The van der Waals surface area contributed by atoms with Gasteiger partial charge in [0.15, 0.2) is 0 Å². The van der Waals surface area contributed by atoms with Gasteiger partial charge in [0.2, 0.25) is 11.8 Å². The largest absolute Gasteiger partial charge is 0.496 e. The number of para-hydroxylation sites is 1. The van der Waals surface area contributed by atoms with Crippen molar-refractivity contribution in [2.75, 3.05) is 7.11 Å². The molecule has 0 spiro atoms. The Labute approximate surface area is 132 Å².